The van der Waals surface area contributed by atoms with E-state index in [1.807, 2.05) is 36.4 Å². The van der Waals surface area contributed by atoms with Gasteiger partial charge in [0.1, 0.15) is 0 Å². The topological polar surface area (TPSA) is 55.8 Å². The Morgan fingerprint density at radius 3 is 2.50 bits per heavy atom. The second-order valence-electron chi connectivity index (χ2n) is 5.31. The molecule has 0 unspecified atom stereocenters. The van der Waals surface area contributed by atoms with Gasteiger partial charge in [-0.3, -0.25) is 0 Å². The lowest BCUT2D eigenvalue weighted by molar-refractivity contribution is -0.130. The van der Waals surface area contributed by atoms with Crippen LogP contribution in [0.4, 0.5) is 0 Å². The van der Waals surface area contributed by atoms with Gasteiger partial charge in [0.25, 0.3) is 0 Å². The summed E-state index contributed by atoms with van der Waals surface area (Å²) in [5, 5.41) is 9.58. The first-order chi connectivity index (χ1) is 11.7. The molecule has 2 rings (SSSR count). The third-order valence-corrected chi connectivity index (χ3v) is 3.59. The highest BCUT2D eigenvalue weighted by atomic mass is 16.5. The molecule has 0 saturated carbocycles. The molecule has 0 radical (unpaired) electrons. The fourth-order valence-corrected chi connectivity index (χ4v) is 2.32. The molecule has 4 heteroatoms. The van der Waals surface area contributed by atoms with Gasteiger partial charge in [0.15, 0.2) is 11.5 Å². The van der Waals surface area contributed by atoms with E-state index < -0.39 is 5.97 Å². The zero-order valence-corrected chi connectivity index (χ0v) is 14.0. The van der Waals surface area contributed by atoms with E-state index in [0.29, 0.717) is 29.2 Å². The molecular formula is C20H22O4. The Bertz CT molecular complexity index is 705. The van der Waals surface area contributed by atoms with Crippen molar-refractivity contribution in [3.05, 3.63) is 59.7 Å². The molecule has 24 heavy (non-hydrogen) atoms. The molecule has 2 aromatic carbocycles. The summed E-state index contributed by atoms with van der Waals surface area (Å²) in [6.45, 7) is 2.65. The Hall–Kier alpha value is -2.75. The lowest BCUT2D eigenvalue weighted by atomic mass is 10.0. The molecular weight excluding hydrogens is 304 g/mol. The van der Waals surface area contributed by atoms with Gasteiger partial charge in [-0.2, -0.15) is 0 Å². The van der Waals surface area contributed by atoms with Gasteiger partial charge in [-0.15, -0.1) is 0 Å². The van der Waals surface area contributed by atoms with Crippen LogP contribution in [-0.2, 0) is 4.79 Å². The number of unbranched alkanes of at least 4 members (excludes halogenated alkanes) is 1. The molecule has 2 aromatic rings. The van der Waals surface area contributed by atoms with E-state index in [-0.39, 0.29) is 5.57 Å². The maximum absolute atomic E-state index is 11.7. The average Bonchev–Trinajstić information content (AvgIpc) is 2.61. The lowest BCUT2D eigenvalue weighted by Crippen LogP contribution is -2.03. The minimum Gasteiger partial charge on any atom is -0.493 e. The SMILES string of the molecule is CCCCOc1c(/C=C(\C(=O)O)c2ccccc2)cccc1OC. The summed E-state index contributed by atoms with van der Waals surface area (Å²) in [6.07, 6.45) is 3.57. The van der Waals surface area contributed by atoms with Crippen molar-refractivity contribution in [1.82, 2.24) is 0 Å². The second-order valence-corrected chi connectivity index (χ2v) is 5.31. The molecule has 0 heterocycles. The van der Waals surface area contributed by atoms with E-state index in [2.05, 4.69) is 6.92 Å². The first kappa shape index (κ1) is 17.6. The molecule has 126 valence electrons. The molecule has 0 aliphatic carbocycles. The van der Waals surface area contributed by atoms with Crippen molar-refractivity contribution in [2.24, 2.45) is 0 Å². The van der Waals surface area contributed by atoms with Gasteiger partial charge in [-0.05, 0) is 24.1 Å². The van der Waals surface area contributed by atoms with Gasteiger partial charge in [-0.25, -0.2) is 4.79 Å². The summed E-state index contributed by atoms with van der Waals surface area (Å²) < 4.78 is 11.2. The quantitative estimate of drug-likeness (QED) is 0.441. The standard InChI is InChI=1S/C20H22O4/c1-3-4-13-24-19-16(11-8-12-18(19)23-2)14-17(20(21)22)15-9-6-5-7-10-15/h5-12,14H,3-4,13H2,1-2H3,(H,21,22)/b17-14-. The van der Waals surface area contributed by atoms with Gasteiger partial charge < -0.3 is 14.6 Å². The van der Waals surface area contributed by atoms with Crippen LogP contribution < -0.4 is 9.47 Å². The van der Waals surface area contributed by atoms with Crippen molar-refractivity contribution in [2.45, 2.75) is 19.8 Å². The number of hydrogen-bond donors (Lipinski definition) is 1. The van der Waals surface area contributed by atoms with Crippen LogP contribution in [0.1, 0.15) is 30.9 Å². The number of carboxylic acid groups (broad SMARTS) is 1. The van der Waals surface area contributed by atoms with Crippen LogP contribution in [0.25, 0.3) is 11.6 Å². The molecule has 0 aliphatic rings. The number of aliphatic carboxylic acids is 1. The minimum atomic E-state index is -0.983. The first-order valence-electron chi connectivity index (χ1n) is 7.97. The van der Waals surface area contributed by atoms with Gasteiger partial charge in [-0.1, -0.05) is 55.8 Å². The Labute approximate surface area is 142 Å². The van der Waals surface area contributed by atoms with Crippen LogP contribution in [-0.4, -0.2) is 24.8 Å². The molecule has 0 saturated heterocycles. The largest absolute Gasteiger partial charge is 0.493 e. The van der Waals surface area contributed by atoms with Crippen molar-refractivity contribution in [3.8, 4) is 11.5 Å². The van der Waals surface area contributed by atoms with E-state index in [1.165, 1.54) is 0 Å². The van der Waals surface area contributed by atoms with Crippen molar-refractivity contribution >= 4 is 17.6 Å². The summed E-state index contributed by atoms with van der Waals surface area (Å²) in [4.78, 5) is 11.7. The van der Waals surface area contributed by atoms with Gasteiger partial charge in [0.2, 0.25) is 0 Å². The Morgan fingerprint density at radius 1 is 1.12 bits per heavy atom. The summed E-state index contributed by atoms with van der Waals surface area (Å²) in [7, 11) is 1.57. The highest BCUT2D eigenvalue weighted by molar-refractivity contribution is 6.20. The van der Waals surface area contributed by atoms with Gasteiger partial charge >= 0.3 is 5.97 Å². The summed E-state index contributed by atoms with van der Waals surface area (Å²) in [5.74, 6) is 0.185. The first-order valence-corrected chi connectivity index (χ1v) is 7.97. The highest BCUT2D eigenvalue weighted by Gasteiger charge is 2.14. The van der Waals surface area contributed by atoms with Crippen LogP contribution in [0, 0.1) is 0 Å². The number of methoxy groups -OCH3 is 1. The van der Waals surface area contributed by atoms with Crippen LogP contribution >= 0.6 is 0 Å². The van der Waals surface area contributed by atoms with Crippen molar-refractivity contribution in [1.29, 1.82) is 0 Å². The molecule has 0 spiro atoms. The van der Waals surface area contributed by atoms with Gasteiger partial charge in [0.05, 0.1) is 19.3 Å². The number of rotatable bonds is 8. The number of ether oxygens (including phenoxy) is 2. The molecule has 0 bridgehead atoms. The number of para-hydroxylation sites is 1. The van der Waals surface area contributed by atoms with Crippen molar-refractivity contribution < 1.29 is 19.4 Å². The van der Waals surface area contributed by atoms with E-state index in [9.17, 15) is 9.90 Å². The fraction of sp³-hybridized carbons (Fsp3) is 0.250. The number of benzene rings is 2. The zero-order valence-electron chi connectivity index (χ0n) is 14.0. The van der Waals surface area contributed by atoms with E-state index in [1.54, 1.807) is 25.3 Å². The summed E-state index contributed by atoms with van der Waals surface area (Å²) >= 11 is 0. The lowest BCUT2D eigenvalue weighted by Gasteiger charge is -2.14. The monoisotopic (exact) mass is 326 g/mol. The molecule has 0 aliphatic heterocycles. The van der Waals surface area contributed by atoms with Gasteiger partial charge in [0, 0.05) is 5.56 Å². The molecule has 4 nitrogen and oxygen atoms in total. The smallest absolute Gasteiger partial charge is 0.336 e. The van der Waals surface area contributed by atoms with E-state index in [0.717, 1.165) is 12.8 Å². The molecule has 1 N–H and O–H groups in total. The number of carbonyl (C=O) groups is 1. The maximum Gasteiger partial charge on any atom is 0.336 e. The summed E-state index contributed by atoms with van der Waals surface area (Å²) in [5.41, 5.74) is 1.54. The maximum atomic E-state index is 11.7. The van der Waals surface area contributed by atoms with E-state index >= 15 is 0 Å². The number of hydrogen-bond acceptors (Lipinski definition) is 3. The highest BCUT2D eigenvalue weighted by Crippen LogP contribution is 2.34. The molecule has 0 atom stereocenters. The number of carboxylic acids is 1. The van der Waals surface area contributed by atoms with Crippen LogP contribution in [0.3, 0.4) is 0 Å². The minimum absolute atomic E-state index is 0.212. The Kier molecular flexibility index (Phi) is 6.43. The van der Waals surface area contributed by atoms with E-state index in [4.69, 9.17) is 9.47 Å². The van der Waals surface area contributed by atoms with Crippen molar-refractivity contribution in [2.75, 3.05) is 13.7 Å². The third kappa shape index (κ3) is 4.38. The second kappa shape index (κ2) is 8.77. The fourth-order valence-electron chi connectivity index (χ4n) is 2.32. The molecule has 0 fully saturated rings. The Morgan fingerprint density at radius 2 is 1.88 bits per heavy atom. The Balaban J connectivity index is 2.47. The zero-order chi connectivity index (χ0) is 17.4. The van der Waals surface area contributed by atoms with Crippen LogP contribution in [0.15, 0.2) is 48.5 Å². The predicted octanol–water partition coefficient (Wildman–Crippen LogP) is 4.50. The normalized spacial score (nSPS) is 11.2. The summed E-state index contributed by atoms with van der Waals surface area (Å²) in [6, 6.07) is 14.5. The van der Waals surface area contributed by atoms with Crippen molar-refractivity contribution in [3.63, 3.8) is 0 Å². The average molecular weight is 326 g/mol. The van der Waals surface area contributed by atoms with Crippen LogP contribution in [0.2, 0.25) is 0 Å². The third-order valence-electron chi connectivity index (χ3n) is 3.59. The molecule has 0 amide bonds. The predicted molar refractivity (Wildman–Crippen MR) is 95.3 cm³/mol. The van der Waals surface area contributed by atoms with Crippen LogP contribution in [0.5, 0.6) is 11.5 Å². The molecule has 0 aromatic heterocycles.